The number of fused-ring (bicyclic) bond motifs is 1. The zero-order valence-corrected chi connectivity index (χ0v) is 18.6. The minimum atomic E-state index is -0.696. The SMILES string of the molecule is CCNC(=O)c1cncc(-c2cc(C)c3c(n2)C(C)(C)N(c2cnn(CCl)c2)C3=O)c1. The predicted octanol–water partition coefficient (Wildman–Crippen LogP) is 3.49. The van der Waals surface area contributed by atoms with Crippen molar-refractivity contribution in [3.63, 3.8) is 0 Å². The lowest BCUT2D eigenvalue weighted by Crippen LogP contribution is -2.39. The van der Waals surface area contributed by atoms with Crippen LogP contribution in [0.15, 0.2) is 36.9 Å². The average Bonchev–Trinajstić information content (AvgIpc) is 3.28. The summed E-state index contributed by atoms with van der Waals surface area (Å²) in [6.45, 7) is 8.20. The van der Waals surface area contributed by atoms with E-state index in [1.54, 1.807) is 34.2 Å². The topological polar surface area (TPSA) is 93.0 Å². The van der Waals surface area contributed by atoms with Crippen LogP contribution in [0.4, 0.5) is 5.69 Å². The fourth-order valence-corrected chi connectivity index (χ4v) is 4.08. The second-order valence-electron chi connectivity index (χ2n) is 7.93. The first-order valence-corrected chi connectivity index (χ1v) is 10.5. The third-order valence-electron chi connectivity index (χ3n) is 5.41. The Kier molecular flexibility index (Phi) is 5.26. The molecule has 0 radical (unpaired) electrons. The number of anilines is 1. The number of aromatic nitrogens is 4. The molecule has 1 aliphatic rings. The van der Waals surface area contributed by atoms with Crippen molar-refractivity contribution in [2.75, 3.05) is 11.4 Å². The van der Waals surface area contributed by atoms with Crippen molar-refractivity contribution in [2.24, 2.45) is 0 Å². The smallest absolute Gasteiger partial charge is 0.261 e. The van der Waals surface area contributed by atoms with Crippen LogP contribution < -0.4 is 10.2 Å². The number of pyridine rings is 2. The van der Waals surface area contributed by atoms with Crippen molar-refractivity contribution >= 4 is 29.1 Å². The van der Waals surface area contributed by atoms with Crippen LogP contribution in [0.2, 0.25) is 0 Å². The van der Waals surface area contributed by atoms with Crippen LogP contribution in [0.5, 0.6) is 0 Å². The molecule has 3 aromatic rings. The summed E-state index contributed by atoms with van der Waals surface area (Å²) >= 11 is 5.86. The number of amides is 2. The third kappa shape index (κ3) is 3.46. The minimum Gasteiger partial charge on any atom is -0.352 e. The fourth-order valence-electron chi connectivity index (χ4n) is 3.95. The number of halogens is 1. The summed E-state index contributed by atoms with van der Waals surface area (Å²) < 4.78 is 1.56. The molecule has 0 saturated carbocycles. The predicted molar refractivity (Wildman–Crippen MR) is 118 cm³/mol. The molecule has 8 nitrogen and oxygen atoms in total. The number of nitrogens with one attached hydrogen (secondary N) is 1. The first-order valence-electron chi connectivity index (χ1n) is 9.96. The number of aryl methyl sites for hydroxylation is 1. The normalized spacial score (nSPS) is 14.6. The highest BCUT2D eigenvalue weighted by atomic mass is 35.5. The number of hydrogen-bond donors (Lipinski definition) is 1. The molecular formula is C22H23ClN6O2. The lowest BCUT2D eigenvalue weighted by atomic mass is 9.96. The van der Waals surface area contributed by atoms with Gasteiger partial charge in [-0.2, -0.15) is 5.10 Å². The Morgan fingerprint density at radius 1 is 1.23 bits per heavy atom. The van der Waals surface area contributed by atoms with E-state index in [2.05, 4.69) is 15.4 Å². The Hall–Kier alpha value is -3.26. The van der Waals surface area contributed by atoms with E-state index < -0.39 is 5.54 Å². The van der Waals surface area contributed by atoms with Gasteiger partial charge >= 0.3 is 0 Å². The number of carbonyl (C=O) groups excluding carboxylic acids is 2. The van der Waals surface area contributed by atoms with Gasteiger partial charge in [-0.1, -0.05) is 0 Å². The molecule has 4 rings (SSSR count). The van der Waals surface area contributed by atoms with Gasteiger partial charge in [0, 0.05) is 24.5 Å². The average molecular weight is 439 g/mol. The van der Waals surface area contributed by atoms with Gasteiger partial charge in [-0.25, -0.2) is 4.98 Å². The molecule has 2 amide bonds. The van der Waals surface area contributed by atoms with Crippen LogP contribution in [-0.4, -0.2) is 38.1 Å². The molecule has 0 spiro atoms. The maximum atomic E-state index is 13.3. The van der Waals surface area contributed by atoms with Crippen molar-refractivity contribution in [1.29, 1.82) is 0 Å². The lowest BCUT2D eigenvalue weighted by molar-refractivity contribution is 0.0953. The molecule has 3 aromatic heterocycles. The number of carbonyl (C=O) groups is 2. The molecule has 0 bridgehead atoms. The Bertz CT molecular complexity index is 1190. The molecule has 9 heteroatoms. The van der Waals surface area contributed by atoms with Gasteiger partial charge in [0.05, 0.1) is 46.1 Å². The Balaban J connectivity index is 1.79. The van der Waals surface area contributed by atoms with Gasteiger partial charge in [0.25, 0.3) is 11.8 Å². The molecule has 0 aromatic carbocycles. The third-order valence-corrected chi connectivity index (χ3v) is 5.65. The molecule has 0 saturated heterocycles. The van der Waals surface area contributed by atoms with Gasteiger partial charge in [0.15, 0.2) is 0 Å². The summed E-state index contributed by atoms with van der Waals surface area (Å²) in [6.07, 6.45) is 6.57. The zero-order chi connectivity index (χ0) is 22.3. The quantitative estimate of drug-likeness (QED) is 0.615. The van der Waals surface area contributed by atoms with Gasteiger partial charge in [0.1, 0.15) is 6.00 Å². The van der Waals surface area contributed by atoms with Crippen LogP contribution in [0.1, 0.15) is 52.7 Å². The van der Waals surface area contributed by atoms with Gasteiger partial charge in [-0.15, -0.1) is 11.6 Å². The van der Waals surface area contributed by atoms with E-state index in [0.29, 0.717) is 40.3 Å². The standard InChI is InChI=1S/C22H23ClN6O2/c1-5-25-20(30)15-7-14(8-24-9-15)17-6-13(2)18-19(27-17)22(3,4)29(21(18)31)16-10-26-28(11-16)12-23/h6-11H,5,12H2,1-4H3,(H,25,30). The van der Waals surface area contributed by atoms with Crippen LogP contribution >= 0.6 is 11.6 Å². The molecule has 0 fully saturated rings. The molecule has 160 valence electrons. The summed E-state index contributed by atoms with van der Waals surface area (Å²) in [5.41, 5.74) is 3.88. The number of nitrogens with zero attached hydrogens (tertiary/aromatic N) is 5. The molecule has 0 atom stereocenters. The van der Waals surface area contributed by atoms with Crippen molar-refractivity contribution in [2.45, 2.75) is 39.2 Å². The largest absolute Gasteiger partial charge is 0.352 e. The van der Waals surface area contributed by atoms with Crippen molar-refractivity contribution in [1.82, 2.24) is 25.1 Å². The van der Waals surface area contributed by atoms with E-state index in [9.17, 15) is 9.59 Å². The van der Waals surface area contributed by atoms with Crippen molar-refractivity contribution < 1.29 is 9.59 Å². The van der Waals surface area contributed by atoms with Crippen molar-refractivity contribution in [3.8, 4) is 11.3 Å². The Morgan fingerprint density at radius 2 is 2.00 bits per heavy atom. The molecule has 4 heterocycles. The number of rotatable bonds is 5. The van der Waals surface area contributed by atoms with Gasteiger partial charge in [-0.3, -0.25) is 24.2 Å². The molecule has 0 aliphatic carbocycles. The summed E-state index contributed by atoms with van der Waals surface area (Å²) in [5.74, 6) is -0.312. The van der Waals surface area contributed by atoms with E-state index in [-0.39, 0.29) is 17.8 Å². The number of alkyl halides is 1. The van der Waals surface area contributed by atoms with E-state index in [1.807, 2.05) is 33.8 Å². The van der Waals surface area contributed by atoms with E-state index in [1.165, 1.54) is 6.20 Å². The monoisotopic (exact) mass is 438 g/mol. The second kappa shape index (κ2) is 7.77. The van der Waals surface area contributed by atoms with Gasteiger partial charge in [-0.05, 0) is 45.4 Å². The fraction of sp³-hybridized carbons (Fsp3) is 0.318. The lowest BCUT2D eigenvalue weighted by Gasteiger charge is -2.30. The Labute approximate surface area is 185 Å². The maximum absolute atomic E-state index is 13.3. The maximum Gasteiger partial charge on any atom is 0.261 e. The summed E-state index contributed by atoms with van der Waals surface area (Å²) in [5, 5.41) is 6.97. The van der Waals surface area contributed by atoms with E-state index in [4.69, 9.17) is 16.6 Å². The molecular weight excluding hydrogens is 416 g/mol. The van der Waals surface area contributed by atoms with E-state index in [0.717, 1.165) is 5.56 Å². The van der Waals surface area contributed by atoms with Crippen molar-refractivity contribution in [3.05, 3.63) is 59.3 Å². The first kappa shape index (κ1) is 21.0. The minimum absolute atomic E-state index is 0.125. The second-order valence-corrected chi connectivity index (χ2v) is 8.17. The summed E-state index contributed by atoms with van der Waals surface area (Å²) in [4.78, 5) is 36.3. The summed E-state index contributed by atoms with van der Waals surface area (Å²) in [6, 6.07) is 3.82. The van der Waals surface area contributed by atoms with Crippen LogP contribution in [0.3, 0.4) is 0 Å². The Morgan fingerprint density at radius 3 is 2.68 bits per heavy atom. The van der Waals surface area contributed by atoms with Crippen LogP contribution in [-0.2, 0) is 11.5 Å². The molecule has 1 aliphatic heterocycles. The molecule has 1 N–H and O–H groups in total. The van der Waals surface area contributed by atoms with Crippen LogP contribution in [0, 0.1) is 6.92 Å². The van der Waals surface area contributed by atoms with Gasteiger partial charge < -0.3 is 5.32 Å². The zero-order valence-electron chi connectivity index (χ0n) is 17.8. The van der Waals surface area contributed by atoms with E-state index >= 15 is 0 Å². The highest BCUT2D eigenvalue weighted by Crippen LogP contribution is 2.42. The first-order chi connectivity index (χ1) is 14.8. The molecule has 0 unspecified atom stereocenters. The van der Waals surface area contributed by atoms with Gasteiger partial charge in [0.2, 0.25) is 0 Å². The number of hydrogen-bond acceptors (Lipinski definition) is 5. The molecule has 31 heavy (non-hydrogen) atoms. The highest BCUT2D eigenvalue weighted by molar-refractivity contribution is 6.15. The summed E-state index contributed by atoms with van der Waals surface area (Å²) in [7, 11) is 0. The van der Waals surface area contributed by atoms with Crippen LogP contribution in [0.25, 0.3) is 11.3 Å². The highest BCUT2D eigenvalue weighted by Gasteiger charge is 2.46.